The molecule has 1 amide bonds. The van der Waals surface area contributed by atoms with E-state index in [0.29, 0.717) is 68.1 Å². The number of nitrogens with one attached hydrogen (secondary N) is 2. The van der Waals surface area contributed by atoms with Crippen molar-refractivity contribution in [1.29, 1.82) is 5.26 Å². The van der Waals surface area contributed by atoms with Gasteiger partial charge in [-0.1, -0.05) is 18.2 Å². The molecule has 3 heterocycles. The fourth-order valence-corrected chi connectivity index (χ4v) is 5.27. The van der Waals surface area contributed by atoms with Crippen molar-refractivity contribution in [2.75, 3.05) is 59.7 Å². The van der Waals surface area contributed by atoms with Crippen LogP contribution in [0.5, 0.6) is 0 Å². The van der Waals surface area contributed by atoms with E-state index in [1.165, 1.54) is 6.07 Å². The van der Waals surface area contributed by atoms with Crippen LogP contribution in [0, 0.1) is 17.1 Å². The summed E-state index contributed by atoms with van der Waals surface area (Å²) >= 11 is 0. The van der Waals surface area contributed by atoms with E-state index in [0.717, 1.165) is 18.7 Å². The average Bonchev–Trinajstić information content (AvgIpc) is 3.30. The Hall–Kier alpha value is -3.60. The zero-order valence-corrected chi connectivity index (χ0v) is 23.6. The summed E-state index contributed by atoms with van der Waals surface area (Å²) in [6, 6.07) is 11.2. The largest absolute Gasteiger partial charge is 0.419 e. The van der Waals surface area contributed by atoms with Crippen LogP contribution in [0.3, 0.4) is 0 Å². The molecule has 5 rings (SSSR count). The number of hydrogen-bond acceptors (Lipinski definition) is 9. The number of nitrogens with zero attached hydrogens (tertiary/aromatic N) is 3. The van der Waals surface area contributed by atoms with E-state index in [2.05, 4.69) is 21.6 Å². The average molecular weight is 582 g/mol. The Kier molecular flexibility index (Phi) is 9.99. The van der Waals surface area contributed by atoms with Crippen molar-refractivity contribution in [2.24, 2.45) is 0 Å². The Morgan fingerprint density at radius 1 is 1.17 bits per heavy atom. The van der Waals surface area contributed by atoms with Gasteiger partial charge in [0.25, 0.3) is 5.91 Å². The van der Waals surface area contributed by atoms with Crippen molar-refractivity contribution in [3.8, 4) is 17.2 Å². The van der Waals surface area contributed by atoms with Gasteiger partial charge in [-0.25, -0.2) is 9.18 Å². The van der Waals surface area contributed by atoms with Gasteiger partial charge in [0, 0.05) is 52.8 Å². The summed E-state index contributed by atoms with van der Waals surface area (Å²) in [6.45, 7) is 5.40. The molecule has 2 N–H and O–H groups in total. The number of methoxy groups -OCH3 is 1. The molecule has 11 nitrogen and oxygen atoms in total. The lowest BCUT2D eigenvalue weighted by molar-refractivity contribution is -0.134. The highest BCUT2D eigenvalue weighted by Crippen LogP contribution is 2.26. The lowest BCUT2D eigenvalue weighted by Crippen LogP contribution is -2.49. The number of oxazole rings is 1. The van der Waals surface area contributed by atoms with Gasteiger partial charge in [0.15, 0.2) is 5.58 Å². The van der Waals surface area contributed by atoms with E-state index < -0.39 is 29.6 Å². The summed E-state index contributed by atoms with van der Waals surface area (Å²) in [5, 5.41) is 15.5. The molecule has 1 aromatic heterocycles. The molecule has 2 saturated heterocycles. The molecule has 2 aliphatic rings. The minimum absolute atomic E-state index is 0.00208. The van der Waals surface area contributed by atoms with Crippen molar-refractivity contribution in [1.82, 2.24) is 20.1 Å². The summed E-state index contributed by atoms with van der Waals surface area (Å²) in [6.07, 6.45) is -0.0945. The van der Waals surface area contributed by atoms with Crippen LogP contribution in [0.25, 0.3) is 22.2 Å². The van der Waals surface area contributed by atoms with E-state index in [-0.39, 0.29) is 19.1 Å². The maximum absolute atomic E-state index is 15.3. The highest BCUT2D eigenvalue weighted by Gasteiger charge is 2.25. The van der Waals surface area contributed by atoms with Crippen LogP contribution in [-0.4, -0.2) is 93.3 Å². The molecule has 0 spiro atoms. The highest BCUT2D eigenvalue weighted by atomic mass is 19.1. The van der Waals surface area contributed by atoms with Gasteiger partial charge in [-0.15, -0.1) is 0 Å². The zero-order valence-electron chi connectivity index (χ0n) is 23.6. The first-order valence-corrected chi connectivity index (χ1v) is 14.2. The minimum Gasteiger partial charge on any atom is -0.408 e. The van der Waals surface area contributed by atoms with Crippen LogP contribution < -0.4 is 16.4 Å². The normalized spacial score (nSPS) is 20.9. The molecule has 12 heteroatoms. The van der Waals surface area contributed by atoms with Gasteiger partial charge in [-0.3, -0.25) is 14.3 Å². The predicted molar refractivity (Wildman–Crippen MR) is 152 cm³/mol. The molecule has 0 bridgehead atoms. The Balaban J connectivity index is 1.24. The van der Waals surface area contributed by atoms with Crippen LogP contribution in [0.2, 0.25) is 0 Å². The minimum atomic E-state index is -0.929. The predicted octanol–water partition coefficient (Wildman–Crippen LogP) is 1.68. The van der Waals surface area contributed by atoms with Crippen molar-refractivity contribution < 1.29 is 27.8 Å². The third-order valence-corrected chi connectivity index (χ3v) is 7.78. The number of morpholine rings is 1. The van der Waals surface area contributed by atoms with Gasteiger partial charge in [0.1, 0.15) is 18.0 Å². The fourth-order valence-electron chi connectivity index (χ4n) is 5.27. The second kappa shape index (κ2) is 14.0. The standard InChI is InChI=1S/C30H36FN5O6/c1-39-24-6-11-41-28(19-33-18-24)29(37)34-23(17-32)14-22-3-2-20(15-25(22)31)21-4-5-27-26(16-21)36(30(38)42-27)8-7-35-9-12-40-13-10-35/h2-5,15-16,23-24,28,33H,6-14,18-19H2,1H3,(H,34,37). The first-order valence-electron chi connectivity index (χ1n) is 14.2. The first kappa shape index (κ1) is 29.9. The molecule has 2 fully saturated rings. The van der Waals surface area contributed by atoms with E-state index in [9.17, 15) is 14.9 Å². The summed E-state index contributed by atoms with van der Waals surface area (Å²) < 4.78 is 38.7. The van der Waals surface area contributed by atoms with Crippen LogP contribution in [0.4, 0.5) is 4.39 Å². The summed E-state index contributed by atoms with van der Waals surface area (Å²) in [5.41, 5.74) is 2.76. The SMILES string of the molecule is COC1CCOC(C(=O)NC(C#N)Cc2ccc(-c3ccc4oc(=O)n(CCN5CCOCC5)c4c3)cc2F)CNC1. The van der Waals surface area contributed by atoms with Gasteiger partial charge in [-0.2, -0.15) is 5.26 Å². The number of hydrogen-bond donors (Lipinski definition) is 2. The van der Waals surface area contributed by atoms with E-state index >= 15 is 4.39 Å². The van der Waals surface area contributed by atoms with Crippen molar-refractivity contribution >= 4 is 17.0 Å². The number of aromatic nitrogens is 1. The van der Waals surface area contributed by atoms with Crippen LogP contribution in [0.1, 0.15) is 12.0 Å². The molecule has 2 aromatic carbocycles. The number of nitriles is 1. The van der Waals surface area contributed by atoms with Gasteiger partial charge >= 0.3 is 5.76 Å². The zero-order chi connectivity index (χ0) is 29.5. The maximum atomic E-state index is 15.3. The Morgan fingerprint density at radius 3 is 2.71 bits per heavy atom. The monoisotopic (exact) mass is 581 g/mol. The number of carbonyl (C=O) groups is 1. The van der Waals surface area contributed by atoms with Crippen LogP contribution in [0.15, 0.2) is 45.6 Å². The molecule has 0 saturated carbocycles. The summed E-state index contributed by atoms with van der Waals surface area (Å²) in [5.74, 6) is -1.34. The van der Waals surface area contributed by atoms with Crippen LogP contribution >= 0.6 is 0 Å². The maximum Gasteiger partial charge on any atom is 0.419 e. The van der Waals surface area contributed by atoms with E-state index in [1.807, 2.05) is 6.07 Å². The molecule has 42 heavy (non-hydrogen) atoms. The number of carbonyl (C=O) groups excluding carboxylic acids is 1. The lowest BCUT2D eigenvalue weighted by atomic mass is 9.99. The number of halogens is 1. The molecule has 2 aliphatic heterocycles. The van der Waals surface area contributed by atoms with E-state index in [1.54, 1.807) is 35.9 Å². The summed E-state index contributed by atoms with van der Waals surface area (Å²) in [4.78, 5) is 27.6. The third-order valence-electron chi connectivity index (χ3n) is 7.78. The molecule has 0 aliphatic carbocycles. The molecule has 3 unspecified atom stereocenters. The van der Waals surface area contributed by atoms with Gasteiger partial charge in [0.2, 0.25) is 0 Å². The van der Waals surface area contributed by atoms with Crippen molar-refractivity contribution in [3.05, 3.63) is 58.3 Å². The number of benzene rings is 2. The van der Waals surface area contributed by atoms with E-state index in [4.69, 9.17) is 18.6 Å². The summed E-state index contributed by atoms with van der Waals surface area (Å²) in [7, 11) is 1.63. The van der Waals surface area contributed by atoms with Gasteiger partial charge in [0.05, 0.1) is 37.5 Å². The van der Waals surface area contributed by atoms with Gasteiger partial charge < -0.3 is 29.3 Å². The van der Waals surface area contributed by atoms with Crippen molar-refractivity contribution in [3.63, 3.8) is 0 Å². The van der Waals surface area contributed by atoms with Gasteiger partial charge in [-0.05, 0) is 41.3 Å². The second-order valence-corrected chi connectivity index (χ2v) is 10.5. The highest BCUT2D eigenvalue weighted by molar-refractivity contribution is 5.82. The van der Waals surface area contributed by atoms with Crippen LogP contribution in [-0.2, 0) is 32.0 Å². The lowest BCUT2D eigenvalue weighted by Gasteiger charge is -2.26. The Labute approximate surface area is 243 Å². The molecule has 3 aromatic rings. The smallest absolute Gasteiger partial charge is 0.408 e. The molecular formula is C30H36FN5O6. The fraction of sp³-hybridized carbons (Fsp3) is 0.500. The second-order valence-electron chi connectivity index (χ2n) is 10.5. The molecule has 0 radical (unpaired) electrons. The number of fused-ring (bicyclic) bond motifs is 1. The Bertz CT molecular complexity index is 1470. The molecular weight excluding hydrogens is 545 g/mol. The van der Waals surface area contributed by atoms with Crippen molar-refractivity contribution in [2.45, 2.75) is 37.6 Å². The first-order chi connectivity index (χ1) is 20.4. The Morgan fingerprint density at radius 2 is 1.95 bits per heavy atom. The number of rotatable bonds is 9. The third kappa shape index (κ3) is 7.24. The quantitative estimate of drug-likeness (QED) is 0.388. The topological polar surface area (TPSA) is 131 Å². The molecule has 224 valence electrons. The molecule has 3 atom stereocenters. The number of ether oxygens (including phenoxy) is 3. The number of amides is 1.